The number of fused-ring (bicyclic) bond motifs is 1. The van der Waals surface area contributed by atoms with Gasteiger partial charge in [0, 0.05) is 13.1 Å². The second-order valence-corrected chi connectivity index (χ2v) is 5.67. The molecule has 3 rings (SSSR count). The summed E-state index contributed by atoms with van der Waals surface area (Å²) in [5.41, 5.74) is 5.52. The maximum Gasteiger partial charge on any atom is 0.242 e. The van der Waals surface area contributed by atoms with Gasteiger partial charge in [0.2, 0.25) is 5.91 Å². The Morgan fingerprint density at radius 1 is 1.12 bits per heavy atom. The molecule has 2 aliphatic carbocycles. The summed E-state index contributed by atoms with van der Waals surface area (Å²) < 4.78 is 0. The minimum Gasteiger partial charge on any atom is -0.341 e. The van der Waals surface area contributed by atoms with Crippen LogP contribution in [0.1, 0.15) is 38.5 Å². The molecule has 1 aliphatic heterocycles. The van der Waals surface area contributed by atoms with Crippen LogP contribution in [0.15, 0.2) is 0 Å². The summed E-state index contributed by atoms with van der Waals surface area (Å²) in [6.07, 6.45) is 7.17. The maximum atomic E-state index is 12.1. The molecule has 92 valence electrons. The van der Waals surface area contributed by atoms with Gasteiger partial charge >= 0.3 is 0 Å². The van der Waals surface area contributed by atoms with Gasteiger partial charge in [-0.05, 0) is 37.5 Å². The van der Waals surface area contributed by atoms with Gasteiger partial charge in [-0.25, -0.2) is 0 Å². The number of amides is 1. The summed E-state index contributed by atoms with van der Waals surface area (Å²) in [4.78, 5) is 14.1. The number of carbonyl (C=O) groups excluding carboxylic acids is 1. The molecule has 3 fully saturated rings. The van der Waals surface area contributed by atoms with Crippen molar-refractivity contribution in [1.29, 1.82) is 0 Å². The van der Waals surface area contributed by atoms with E-state index in [-0.39, 0.29) is 18.3 Å². The van der Waals surface area contributed by atoms with E-state index in [1.165, 1.54) is 25.7 Å². The van der Waals surface area contributed by atoms with E-state index in [0.717, 1.165) is 37.8 Å². The zero-order valence-electron chi connectivity index (χ0n) is 9.65. The Morgan fingerprint density at radius 2 is 1.62 bits per heavy atom. The normalized spacial score (nSPS) is 35.2. The van der Waals surface area contributed by atoms with Crippen molar-refractivity contribution in [3.63, 3.8) is 0 Å². The van der Waals surface area contributed by atoms with Crippen molar-refractivity contribution in [3.8, 4) is 0 Å². The van der Waals surface area contributed by atoms with Crippen LogP contribution in [0.4, 0.5) is 0 Å². The summed E-state index contributed by atoms with van der Waals surface area (Å²) >= 11 is 0. The first-order chi connectivity index (χ1) is 7.19. The first-order valence-corrected chi connectivity index (χ1v) is 6.27. The molecule has 2 N–H and O–H groups in total. The molecule has 16 heavy (non-hydrogen) atoms. The molecule has 1 saturated heterocycles. The minimum absolute atomic E-state index is 0. The van der Waals surface area contributed by atoms with Gasteiger partial charge in [0.1, 0.15) is 0 Å². The second kappa shape index (κ2) is 4.19. The van der Waals surface area contributed by atoms with Crippen LogP contribution >= 0.6 is 12.4 Å². The molecule has 0 aromatic heterocycles. The lowest BCUT2D eigenvalue weighted by molar-refractivity contribution is -0.132. The number of carbonyl (C=O) groups is 1. The summed E-state index contributed by atoms with van der Waals surface area (Å²) in [7, 11) is 0. The molecule has 3 nitrogen and oxygen atoms in total. The molecule has 1 heterocycles. The molecule has 1 amide bonds. The molecule has 0 aromatic rings. The van der Waals surface area contributed by atoms with E-state index in [2.05, 4.69) is 0 Å². The third-order valence-electron chi connectivity index (χ3n) is 4.48. The number of halogens is 1. The Hall–Kier alpha value is -0.280. The van der Waals surface area contributed by atoms with Crippen molar-refractivity contribution >= 4 is 18.3 Å². The van der Waals surface area contributed by atoms with Gasteiger partial charge < -0.3 is 10.6 Å². The fourth-order valence-corrected chi connectivity index (χ4v) is 3.24. The molecule has 2 unspecified atom stereocenters. The van der Waals surface area contributed by atoms with Crippen LogP contribution in [-0.4, -0.2) is 29.4 Å². The Bertz CT molecular complexity index is 277. The predicted octanol–water partition coefficient (Wildman–Crippen LogP) is 1.55. The van der Waals surface area contributed by atoms with E-state index in [1.54, 1.807) is 0 Å². The third kappa shape index (κ3) is 1.95. The first-order valence-electron chi connectivity index (χ1n) is 6.27. The van der Waals surface area contributed by atoms with Crippen LogP contribution in [0, 0.1) is 11.8 Å². The molecule has 0 radical (unpaired) electrons. The molecule has 4 heteroatoms. The Kier molecular flexibility index (Phi) is 3.19. The van der Waals surface area contributed by atoms with Gasteiger partial charge in [-0.2, -0.15) is 0 Å². The standard InChI is InChI=1S/C12H20N2O.ClH/c13-12(5-6-12)11(15)14-7-9-3-1-2-4-10(9)8-14;/h9-10H,1-8,13H2;1H. The lowest BCUT2D eigenvalue weighted by Crippen LogP contribution is -2.44. The highest BCUT2D eigenvalue weighted by Crippen LogP contribution is 2.40. The van der Waals surface area contributed by atoms with Crippen LogP contribution in [0.3, 0.4) is 0 Å². The SMILES string of the molecule is Cl.NC1(C(=O)N2CC3CCCCC3C2)CC1. The number of hydrogen-bond donors (Lipinski definition) is 1. The zero-order valence-corrected chi connectivity index (χ0v) is 10.5. The third-order valence-corrected chi connectivity index (χ3v) is 4.48. The van der Waals surface area contributed by atoms with Crippen molar-refractivity contribution in [2.75, 3.05) is 13.1 Å². The summed E-state index contributed by atoms with van der Waals surface area (Å²) in [5, 5.41) is 0. The second-order valence-electron chi connectivity index (χ2n) is 5.67. The topological polar surface area (TPSA) is 46.3 Å². The van der Waals surface area contributed by atoms with Gasteiger partial charge in [0.05, 0.1) is 5.54 Å². The number of nitrogens with zero attached hydrogens (tertiary/aromatic N) is 1. The highest BCUT2D eigenvalue weighted by molar-refractivity contribution is 5.89. The molecule has 0 aromatic carbocycles. The van der Waals surface area contributed by atoms with E-state index in [1.807, 2.05) is 4.90 Å². The van der Waals surface area contributed by atoms with Crippen molar-refractivity contribution in [2.45, 2.75) is 44.1 Å². The first kappa shape index (κ1) is 12.2. The minimum atomic E-state index is -0.451. The van der Waals surface area contributed by atoms with Gasteiger partial charge in [0.15, 0.2) is 0 Å². The zero-order chi connectivity index (χ0) is 10.5. The number of rotatable bonds is 1. The van der Waals surface area contributed by atoms with Crippen molar-refractivity contribution in [1.82, 2.24) is 4.90 Å². The Balaban J connectivity index is 0.000000963. The Morgan fingerprint density at radius 3 is 2.06 bits per heavy atom. The predicted molar refractivity (Wildman–Crippen MR) is 65.4 cm³/mol. The van der Waals surface area contributed by atoms with Gasteiger partial charge in [0.25, 0.3) is 0 Å². The molecule has 3 aliphatic rings. The number of likely N-dealkylation sites (tertiary alicyclic amines) is 1. The molecular formula is C12H21ClN2O. The van der Waals surface area contributed by atoms with Crippen molar-refractivity contribution in [2.24, 2.45) is 17.6 Å². The van der Waals surface area contributed by atoms with Crippen molar-refractivity contribution < 1.29 is 4.79 Å². The summed E-state index contributed by atoms with van der Waals surface area (Å²) in [6.45, 7) is 1.98. The van der Waals surface area contributed by atoms with Crippen molar-refractivity contribution in [3.05, 3.63) is 0 Å². The molecule has 2 atom stereocenters. The van der Waals surface area contributed by atoms with Crippen LogP contribution < -0.4 is 5.73 Å². The average molecular weight is 245 g/mol. The smallest absolute Gasteiger partial charge is 0.242 e. The number of hydrogen-bond acceptors (Lipinski definition) is 2. The average Bonchev–Trinajstić information content (AvgIpc) is 2.85. The van der Waals surface area contributed by atoms with E-state index in [0.29, 0.717) is 0 Å². The summed E-state index contributed by atoms with van der Waals surface area (Å²) in [5.74, 6) is 1.80. The molecule has 0 bridgehead atoms. The Labute approximate surface area is 103 Å². The lowest BCUT2D eigenvalue weighted by Gasteiger charge is -2.22. The highest BCUT2D eigenvalue weighted by atomic mass is 35.5. The van der Waals surface area contributed by atoms with E-state index >= 15 is 0 Å². The number of nitrogens with two attached hydrogens (primary N) is 1. The monoisotopic (exact) mass is 244 g/mol. The quantitative estimate of drug-likeness (QED) is 0.761. The highest BCUT2D eigenvalue weighted by Gasteiger charge is 2.50. The maximum absolute atomic E-state index is 12.1. The summed E-state index contributed by atoms with van der Waals surface area (Å²) in [6, 6.07) is 0. The van der Waals surface area contributed by atoms with Crippen LogP contribution in [0.25, 0.3) is 0 Å². The molecule has 0 spiro atoms. The fourth-order valence-electron chi connectivity index (χ4n) is 3.24. The van der Waals surface area contributed by atoms with Gasteiger partial charge in [-0.3, -0.25) is 4.79 Å². The van der Waals surface area contributed by atoms with Gasteiger partial charge in [-0.1, -0.05) is 12.8 Å². The van der Waals surface area contributed by atoms with Crippen LogP contribution in [0.2, 0.25) is 0 Å². The van der Waals surface area contributed by atoms with E-state index in [4.69, 9.17) is 5.73 Å². The molecule has 2 saturated carbocycles. The van der Waals surface area contributed by atoms with E-state index in [9.17, 15) is 4.79 Å². The van der Waals surface area contributed by atoms with Crippen LogP contribution in [-0.2, 0) is 4.79 Å². The van der Waals surface area contributed by atoms with Crippen LogP contribution in [0.5, 0.6) is 0 Å². The largest absolute Gasteiger partial charge is 0.341 e. The van der Waals surface area contributed by atoms with Gasteiger partial charge in [-0.15, -0.1) is 12.4 Å². The van der Waals surface area contributed by atoms with E-state index < -0.39 is 5.54 Å². The fraction of sp³-hybridized carbons (Fsp3) is 0.917. The lowest BCUT2D eigenvalue weighted by atomic mass is 9.82. The molecular weight excluding hydrogens is 224 g/mol.